The number of rotatable bonds is 15. The molecule has 0 aliphatic carbocycles. The molecule has 7 nitrogen and oxygen atoms in total. The number of likely N-dealkylation sites (tertiary alicyclic amines) is 1. The van der Waals surface area contributed by atoms with Gasteiger partial charge >= 0.3 is 0 Å². The van der Waals surface area contributed by atoms with Crippen molar-refractivity contribution < 1.29 is 19.5 Å². The van der Waals surface area contributed by atoms with Crippen molar-refractivity contribution in [3.05, 3.63) is 55.6 Å². The lowest BCUT2D eigenvalue weighted by Gasteiger charge is -2.40. The fourth-order valence-corrected chi connectivity index (χ4v) is 10.7. The summed E-state index contributed by atoms with van der Waals surface area (Å²) in [4.78, 5) is 48.8. The Kier molecular flexibility index (Phi) is 10.8. The molecule has 1 N–H and O–H groups in total. The summed E-state index contributed by atoms with van der Waals surface area (Å²) in [5.74, 6) is -1.35. The van der Waals surface area contributed by atoms with Crippen LogP contribution in [-0.2, 0) is 14.4 Å². The van der Waals surface area contributed by atoms with Gasteiger partial charge in [0.15, 0.2) is 0 Å². The van der Waals surface area contributed by atoms with Gasteiger partial charge in [0.05, 0.1) is 16.6 Å². The normalized spacial score (nSPS) is 28.8. The van der Waals surface area contributed by atoms with Crippen molar-refractivity contribution in [3.63, 3.8) is 0 Å². The molecule has 3 heterocycles. The molecule has 41 heavy (non-hydrogen) atoms. The van der Waals surface area contributed by atoms with Gasteiger partial charge in [-0.05, 0) is 51.2 Å². The molecular formula is C32H44BrN3O4S. The number of para-hydroxylation sites is 1. The monoisotopic (exact) mass is 645 g/mol. The molecule has 4 unspecified atom stereocenters. The molecule has 224 valence electrons. The summed E-state index contributed by atoms with van der Waals surface area (Å²) in [5, 5.41) is 9.21. The highest BCUT2D eigenvalue weighted by molar-refractivity contribution is 9.09. The molecule has 7 atom stereocenters. The van der Waals surface area contributed by atoms with Crippen molar-refractivity contribution in [3.8, 4) is 0 Å². The van der Waals surface area contributed by atoms with Crippen LogP contribution < -0.4 is 4.90 Å². The second kappa shape index (κ2) is 13.9. The third-order valence-electron chi connectivity index (χ3n) is 8.86. The van der Waals surface area contributed by atoms with E-state index < -0.39 is 22.6 Å². The first-order valence-electron chi connectivity index (χ1n) is 14.9. The predicted molar refractivity (Wildman–Crippen MR) is 170 cm³/mol. The zero-order valence-electron chi connectivity index (χ0n) is 24.3. The molecular weight excluding hydrogens is 602 g/mol. The summed E-state index contributed by atoms with van der Waals surface area (Å²) >= 11 is 5.56. The van der Waals surface area contributed by atoms with Crippen LogP contribution in [-0.4, -0.2) is 85.8 Å². The smallest absolute Gasteiger partial charge is 0.247 e. The van der Waals surface area contributed by atoms with Gasteiger partial charge in [-0.1, -0.05) is 59.6 Å². The zero-order chi connectivity index (χ0) is 29.7. The Morgan fingerprint density at radius 2 is 1.88 bits per heavy atom. The van der Waals surface area contributed by atoms with Crippen molar-refractivity contribution in [2.45, 2.75) is 79.3 Å². The van der Waals surface area contributed by atoms with Crippen LogP contribution in [0, 0.1) is 11.8 Å². The molecule has 1 spiro atoms. The molecule has 9 heteroatoms. The number of anilines is 1. The number of amides is 3. The van der Waals surface area contributed by atoms with E-state index in [1.165, 1.54) is 0 Å². The first kappa shape index (κ1) is 31.8. The number of alkyl halides is 1. The maximum absolute atomic E-state index is 14.6. The minimum Gasteiger partial charge on any atom is -0.396 e. The summed E-state index contributed by atoms with van der Waals surface area (Å²) in [7, 11) is 0. The number of unbranched alkanes of at least 4 members (excludes halogenated alkanes) is 2. The van der Waals surface area contributed by atoms with Crippen molar-refractivity contribution in [1.82, 2.24) is 9.80 Å². The highest BCUT2D eigenvalue weighted by Gasteiger charge is 2.76. The number of fused-ring (bicyclic) bond motifs is 1. The van der Waals surface area contributed by atoms with Gasteiger partial charge in [0, 0.05) is 48.0 Å². The van der Waals surface area contributed by atoms with Gasteiger partial charge in [-0.25, -0.2) is 0 Å². The molecule has 3 fully saturated rings. The van der Waals surface area contributed by atoms with E-state index in [9.17, 15) is 19.5 Å². The van der Waals surface area contributed by atoms with Gasteiger partial charge in [0.1, 0.15) is 6.04 Å². The van der Waals surface area contributed by atoms with Gasteiger partial charge in [-0.15, -0.1) is 24.9 Å². The summed E-state index contributed by atoms with van der Waals surface area (Å²) in [6, 6.07) is 8.89. The first-order valence-corrected chi connectivity index (χ1v) is 16.7. The number of carbonyl (C=O) groups is 3. The largest absolute Gasteiger partial charge is 0.396 e. The minimum atomic E-state index is -0.688. The lowest BCUT2D eigenvalue weighted by Crippen LogP contribution is -2.57. The Morgan fingerprint density at radius 3 is 2.51 bits per heavy atom. The Labute approximate surface area is 257 Å². The second-order valence-corrected chi connectivity index (χ2v) is 14.2. The zero-order valence-corrected chi connectivity index (χ0v) is 26.7. The minimum absolute atomic E-state index is 0.00857. The molecule has 3 aliphatic rings. The van der Waals surface area contributed by atoms with Crippen molar-refractivity contribution in [2.24, 2.45) is 11.8 Å². The number of carbonyl (C=O) groups excluding carboxylic acids is 3. The maximum Gasteiger partial charge on any atom is 0.247 e. The maximum atomic E-state index is 14.6. The topological polar surface area (TPSA) is 81.2 Å². The quantitative estimate of drug-likeness (QED) is 0.164. The molecule has 4 rings (SSSR count). The van der Waals surface area contributed by atoms with E-state index >= 15 is 0 Å². The number of hydrogen-bond donors (Lipinski definition) is 1. The van der Waals surface area contributed by atoms with E-state index in [4.69, 9.17) is 0 Å². The number of halogens is 1. The summed E-state index contributed by atoms with van der Waals surface area (Å²) in [6.45, 7) is 13.3. The van der Waals surface area contributed by atoms with E-state index in [-0.39, 0.29) is 40.4 Å². The van der Waals surface area contributed by atoms with Crippen LogP contribution in [0.4, 0.5) is 5.69 Å². The SMILES string of the molecule is C=CCN(C(=O)[C@H]1[C@H]2C(=O)N(CCCCCO)C(C(=O)N(CC=C)C(C)CCC)C23CC(Br)[C@@H]1S3)c1ccccc1. The highest BCUT2D eigenvalue weighted by atomic mass is 79.9. The van der Waals surface area contributed by atoms with Crippen LogP contribution in [0.2, 0.25) is 0 Å². The van der Waals surface area contributed by atoms with Crippen LogP contribution in [0.15, 0.2) is 55.6 Å². The van der Waals surface area contributed by atoms with E-state index in [0.717, 1.165) is 24.9 Å². The van der Waals surface area contributed by atoms with Gasteiger partial charge in [-0.2, -0.15) is 0 Å². The molecule has 3 aliphatic heterocycles. The average Bonchev–Trinajstić information content (AvgIpc) is 3.56. The van der Waals surface area contributed by atoms with Crippen LogP contribution in [0.3, 0.4) is 0 Å². The first-order chi connectivity index (χ1) is 19.8. The van der Waals surface area contributed by atoms with E-state index in [0.29, 0.717) is 38.9 Å². The molecule has 0 aromatic heterocycles. The Bertz CT molecular complexity index is 1120. The van der Waals surface area contributed by atoms with Gasteiger partial charge in [-0.3, -0.25) is 14.4 Å². The van der Waals surface area contributed by atoms with Crippen LogP contribution >= 0.6 is 27.7 Å². The molecule has 0 radical (unpaired) electrons. The molecule has 0 saturated carbocycles. The van der Waals surface area contributed by atoms with Gasteiger partial charge in [0.2, 0.25) is 17.7 Å². The number of nitrogens with zero attached hydrogens (tertiary/aromatic N) is 3. The van der Waals surface area contributed by atoms with Crippen LogP contribution in [0.5, 0.6) is 0 Å². The number of benzene rings is 1. The van der Waals surface area contributed by atoms with E-state index in [2.05, 4.69) is 42.9 Å². The lowest BCUT2D eigenvalue weighted by molar-refractivity contribution is -0.143. The number of hydrogen-bond acceptors (Lipinski definition) is 5. The van der Waals surface area contributed by atoms with Gasteiger partial charge in [0.25, 0.3) is 0 Å². The third kappa shape index (κ3) is 5.91. The van der Waals surface area contributed by atoms with Crippen molar-refractivity contribution in [2.75, 3.05) is 31.1 Å². The highest BCUT2D eigenvalue weighted by Crippen LogP contribution is 2.68. The molecule has 2 bridgehead atoms. The molecule has 3 saturated heterocycles. The molecule has 1 aromatic carbocycles. The van der Waals surface area contributed by atoms with Crippen molar-refractivity contribution in [1.29, 1.82) is 0 Å². The Balaban J connectivity index is 1.76. The number of thioether (sulfide) groups is 1. The fourth-order valence-electron chi connectivity index (χ4n) is 7.10. The summed E-state index contributed by atoms with van der Waals surface area (Å²) < 4.78 is -0.688. The van der Waals surface area contributed by atoms with Crippen LogP contribution in [0.1, 0.15) is 52.4 Å². The average molecular weight is 647 g/mol. The summed E-state index contributed by atoms with van der Waals surface area (Å²) in [6.07, 6.45) is 8.05. The second-order valence-electron chi connectivity index (χ2n) is 11.5. The predicted octanol–water partition coefficient (Wildman–Crippen LogP) is 5.04. The van der Waals surface area contributed by atoms with Crippen molar-refractivity contribution >= 4 is 51.1 Å². The number of aliphatic hydroxyl groups is 1. The fraction of sp³-hybridized carbons (Fsp3) is 0.594. The van der Waals surface area contributed by atoms with E-state index in [1.54, 1.807) is 33.7 Å². The van der Waals surface area contributed by atoms with Gasteiger partial charge < -0.3 is 19.8 Å². The Hall–Kier alpha value is -2.10. The third-order valence-corrected chi connectivity index (χ3v) is 12.1. The summed E-state index contributed by atoms with van der Waals surface area (Å²) in [5.41, 5.74) is 0.773. The standard InChI is InChI=1S/C32H44BrN3O4S/c1-5-14-22(4)34(17-6-2)31(40)28-32-21-24(33)27(41-32)25(26(32)30(39)36(28)19-12-9-13-20-37)29(38)35(18-7-3)23-15-10-8-11-16-23/h6-8,10-11,15-16,22,24-28,37H,2-3,5,9,12-14,17-21H2,1,4H3/t22?,24?,25-,26-,27-,28?,32?/m0/s1. The lowest BCUT2D eigenvalue weighted by atomic mass is 9.70. The Morgan fingerprint density at radius 1 is 1.17 bits per heavy atom. The van der Waals surface area contributed by atoms with Crippen LogP contribution in [0.25, 0.3) is 0 Å². The van der Waals surface area contributed by atoms with E-state index in [1.807, 2.05) is 35.2 Å². The molecule has 3 amide bonds. The number of aliphatic hydroxyl groups excluding tert-OH is 1. The molecule has 1 aromatic rings.